The van der Waals surface area contributed by atoms with Gasteiger partial charge in [-0.25, -0.2) is 15.0 Å². The van der Waals surface area contributed by atoms with Gasteiger partial charge < -0.3 is 19.8 Å². The van der Waals surface area contributed by atoms with Crippen LogP contribution in [0.25, 0.3) is 11.0 Å². The second kappa shape index (κ2) is 12.5. The molecule has 2 aromatic heterocycles. The molecule has 4 rings (SSSR count). The number of nitrogens with one attached hydrogen (secondary N) is 2. The minimum Gasteiger partial charge on any atom is -0.357 e. The molecule has 7 nitrogen and oxygen atoms in total. The highest BCUT2D eigenvalue weighted by atomic mass is 127. The van der Waals surface area contributed by atoms with Crippen molar-refractivity contribution in [2.75, 3.05) is 13.1 Å². The molecule has 0 saturated heterocycles. The van der Waals surface area contributed by atoms with E-state index in [1.807, 2.05) is 25.4 Å². The highest BCUT2D eigenvalue weighted by Crippen LogP contribution is 2.15. The third-order valence-corrected chi connectivity index (χ3v) is 5.73. The number of para-hydroxylation sites is 2. The molecular formula is C26H34IN7. The Balaban J connectivity index is 0.00000324. The molecule has 0 atom stereocenters. The van der Waals surface area contributed by atoms with E-state index in [2.05, 4.69) is 86.0 Å². The smallest absolute Gasteiger partial charge is 0.191 e. The molecule has 34 heavy (non-hydrogen) atoms. The number of nitrogens with zero attached hydrogens (tertiary/aromatic N) is 5. The first-order valence-electron chi connectivity index (χ1n) is 11.6. The van der Waals surface area contributed by atoms with Crippen LogP contribution in [-0.2, 0) is 19.6 Å². The highest BCUT2D eigenvalue weighted by molar-refractivity contribution is 14.0. The second-order valence-corrected chi connectivity index (χ2v) is 8.20. The molecule has 8 heteroatoms. The summed E-state index contributed by atoms with van der Waals surface area (Å²) < 4.78 is 4.44. The number of guanidine groups is 1. The Morgan fingerprint density at radius 2 is 1.82 bits per heavy atom. The molecule has 2 heterocycles. The van der Waals surface area contributed by atoms with Crippen molar-refractivity contribution in [3.05, 3.63) is 83.7 Å². The lowest BCUT2D eigenvalue weighted by atomic mass is 10.1. The molecular weight excluding hydrogens is 537 g/mol. The lowest BCUT2D eigenvalue weighted by Gasteiger charge is -2.13. The molecule has 0 radical (unpaired) electrons. The van der Waals surface area contributed by atoms with Crippen molar-refractivity contribution in [1.82, 2.24) is 29.7 Å². The van der Waals surface area contributed by atoms with Gasteiger partial charge in [0, 0.05) is 38.6 Å². The Morgan fingerprint density at radius 3 is 2.62 bits per heavy atom. The third-order valence-electron chi connectivity index (χ3n) is 5.73. The number of imidazole rings is 2. The second-order valence-electron chi connectivity index (χ2n) is 8.20. The number of aryl methyl sites for hydroxylation is 3. The zero-order chi connectivity index (χ0) is 23.0. The average Bonchev–Trinajstić information content (AvgIpc) is 3.37. The van der Waals surface area contributed by atoms with Gasteiger partial charge in [0.2, 0.25) is 0 Å². The van der Waals surface area contributed by atoms with Crippen LogP contribution in [0.15, 0.2) is 65.9 Å². The number of aliphatic imine (C=N–C) groups is 1. The Labute approximate surface area is 218 Å². The summed E-state index contributed by atoms with van der Waals surface area (Å²) in [6, 6.07) is 16.9. The Bertz CT molecular complexity index is 1220. The predicted molar refractivity (Wildman–Crippen MR) is 150 cm³/mol. The fraction of sp³-hybridized carbons (Fsp3) is 0.346. The molecule has 2 aromatic carbocycles. The van der Waals surface area contributed by atoms with Gasteiger partial charge >= 0.3 is 0 Å². The molecule has 0 aliphatic rings. The first kappa shape index (κ1) is 25.7. The maximum Gasteiger partial charge on any atom is 0.191 e. The van der Waals surface area contributed by atoms with E-state index in [9.17, 15) is 0 Å². The van der Waals surface area contributed by atoms with E-state index >= 15 is 0 Å². The predicted octanol–water partition coefficient (Wildman–Crippen LogP) is 4.66. The van der Waals surface area contributed by atoms with Gasteiger partial charge in [-0.15, -0.1) is 24.0 Å². The summed E-state index contributed by atoms with van der Waals surface area (Å²) >= 11 is 0. The van der Waals surface area contributed by atoms with E-state index in [-0.39, 0.29) is 24.0 Å². The number of aromatic nitrogens is 4. The van der Waals surface area contributed by atoms with Crippen molar-refractivity contribution in [3.8, 4) is 0 Å². The van der Waals surface area contributed by atoms with Gasteiger partial charge in [-0.3, -0.25) is 0 Å². The van der Waals surface area contributed by atoms with Gasteiger partial charge in [0.25, 0.3) is 0 Å². The molecule has 180 valence electrons. The number of halogens is 1. The molecule has 0 bridgehead atoms. The zero-order valence-electron chi connectivity index (χ0n) is 20.2. The van der Waals surface area contributed by atoms with Crippen LogP contribution in [0.3, 0.4) is 0 Å². The molecule has 0 saturated carbocycles. The number of rotatable bonds is 9. The van der Waals surface area contributed by atoms with Crippen LogP contribution in [-0.4, -0.2) is 38.2 Å². The molecule has 0 unspecified atom stereocenters. The normalized spacial score (nSPS) is 11.4. The molecule has 2 N–H and O–H groups in total. The molecule has 4 aromatic rings. The fourth-order valence-electron chi connectivity index (χ4n) is 4.03. The Kier molecular flexibility index (Phi) is 9.50. The van der Waals surface area contributed by atoms with Gasteiger partial charge in [0.1, 0.15) is 11.6 Å². The standard InChI is InChI=1S/C26H33N7.HI/c1-4-27-26(29-13-8-15-33-21(3)31-24-11-5-6-12-25(24)33)30-18-22-9-7-10-23(17-22)19-32-16-14-28-20(32)2;/h5-7,9-12,14,16-17H,4,8,13,15,18-19H2,1-3H3,(H2,27,29,30);1H. The summed E-state index contributed by atoms with van der Waals surface area (Å²) in [5, 5.41) is 6.83. The lowest BCUT2D eigenvalue weighted by Crippen LogP contribution is -2.38. The first-order valence-corrected chi connectivity index (χ1v) is 11.6. The van der Waals surface area contributed by atoms with E-state index in [1.54, 1.807) is 0 Å². The summed E-state index contributed by atoms with van der Waals surface area (Å²) in [6.45, 7) is 10.2. The topological polar surface area (TPSA) is 72.1 Å². The Hall–Kier alpha value is -2.88. The van der Waals surface area contributed by atoms with Gasteiger partial charge in [-0.2, -0.15) is 0 Å². The van der Waals surface area contributed by atoms with Crippen LogP contribution in [0, 0.1) is 13.8 Å². The molecule has 0 aliphatic heterocycles. The SMILES string of the molecule is CCNC(=NCc1cccc(Cn2ccnc2C)c1)NCCCn1c(C)nc2ccccc21.I. The van der Waals surface area contributed by atoms with Gasteiger partial charge in [-0.05, 0) is 50.5 Å². The maximum atomic E-state index is 4.80. The van der Waals surface area contributed by atoms with Crippen molar-refractivity contribution < 1.29 is 0 Å². The number of fused-ring (bicyclic) bond motifs is 1. The van der Waals surface area contributed by atoms with Crippen molar-refractivity contribution >= 4 is 41.0 Å². The van der Waals surface area contributed by atoms with E-state index < -0.39 is 0 Å². The van der Waals surface area contributed by atoms with E-state index in [4.69, 9.17) is 4.99 Å². The molecule has 0 aliphatic carbocycles. The van der Waals surface area contributed by atoms with E-state index in [1.165, 1.54) is 16.6 Å². The van der Waals surface area contributed by atoms with Crippen LogP contribution in [0.5, 0.6) is 0 Å². The minimum atomic E-state index is 0. The molecule has 0 fully saturated rings. The van der Waals surface area contributed by atoms with Crippen LogP contribution in [0.1, 0.15) is 36.1 Å². The monoisotopic (exact) mass is 571 g/mol. The van der Waals surface area contributed by atoms with Crippen molar-refractivity contribution in [3.63, 3.8) is 0 Å². The Morgan fingerprint density at radius 1 is 1.00 bits per heavy atom. The summed E-state index contributed by atoms with van der Waals surface area (Å²) in [5.41, 5.74) is 4.71. The number of hydrogen-bond acceptors (Lipinski definition) is 3. The van der Waals surface area contributed by atoms with Crippen molar-refractivity contribution in [1.29, 1.82) is 0 Å². The van der Waals surface area contributed by atoms with Crippen LogP contribution in [0.2, 0.25) is 0 Å². The third kappa shape index (κ3) is 6.59. The van der Waals surface area contributed by atoms with Gasteiger partial charge in [-0.1, -0.05) is 36.4 Å². The van der Waals surface area contributed by atoms with Crippen LogP contribution in [0.4, 0.5) is 0 Å². The fourth-order valence-corrected chi connectivity index (χ4v) is 4.03. The van der Waals surface area contributed by atoms with Crippen LogP contribution < -0.4 is 10.6 Å². The largest absolute Gasteiger partial charge is 0.357 e. The average molecular weight is 572 g/mol. The highest BCUT2D eigenvalue weighted by Gasteiger charge is 2.06. The quantitative estimate of drug-likeness (QED) is 0.133. The zero-order valence-corrected chi connectivity index (χ0v) is 22.5. The summed E-state index contributed by atoms with van der Waals surface area (Å²) in [7, 11) is 0. The molecule has 0 amide bonds. The van der Waals surface area contributed by atoms with Crippen molar-refractivity contribution in [2.45, 2.75) is 46.8 Å². The molecule has 0 spiro atoms. The van der Waals surface area contributed by atoms with Gasteiger partial charge in [0.05, 0.1) is 17.6 Å². The summed E-state index contributed by atoms with van der Waals surface area (Å²) in [6.07, 6.45) is 4.85. The number of benzene rings is 2. The van der Waals surface area contributed by atoms with Crippen molar-refractivity contribution in [2.24, 2.45) is 4.99 Å². The lowest BCUT2D eigenvalue weighted by molar-refractivity contribution is 0.624. The number of hydrogen-bond donors (Lipinski definition) is 2. The van der Waals surface area contributed by atoms with E-state index in [0.29, 0.717) is 6.54 Å². The van der Waals surface area contributed by atoms with Gasteiger partial charge in [0.15, 0.2) is 5.96 Å². The minimum absolute atomic E-state index is 0. The summed E-state index contributed by atoms with van der Waals surface area (Å²) in [4.78, 5) is 13.8. The van der Waals surface area contributed by atoms with E-state index in [0.717, 1.165) is 55.7 Å². The first-order chi connectivity index (χ1) is 16.1. The summed E-state index contributed by atoms with van der Waals surface area (Å²) in [5.74, 6) is 2.93. The maximum absolute atomic E-state index is 4.80. The van der Waals surface area contributed by atoms with Crippen LogP contribution >= 0.6 is 24.0 Å².